The number of carbonyl (C=O) groups excluding carboxylic acids is 1. The first-order valence-corrected chi connectivity index (χ1v) is 7.21. The molecule has 22 heavy (non-hydrogen) atoms. The number of nitrogens with one attached hydrogen (secondary N) is 1. The average molecular weight is 295 g/mol. The minimum atomic E-state index is -0.147. The predicted octanol–water partition coefficient (Wildman–Crippen LogP) is 4.51. The highest BCUT2D eigenvalue weighted by molar-refractivity contribution is 6.04. The van der Waals surface area contributed by atoms with Crippen molar-refractivity contribution in [3.05, 3.63) is 71.3 Å². The third-order valence-corrected chi connectivity index (χ3v) is 3.06. The van der Waals surface area contributed by atoms with Crippen molar-refractivity contribution in [3.8, 4) is 5.75 Å². The van der Waals surface area contributed by atoms with Crippen LogP contribution >= 0.6 is 0 Å². The molecule has 0 saturated heterocycles. The van der Waals surface area contributed by atoms with E-state index < -0.39 is 0 Å². The van der Waals surface area contributed by atoms with E-state index in [1.54, 1.807) is 12.1 Å². The molecule has 0 heterocycles. The largest absolute Gasteiger partial charge is 0.489 e. The molecule has 0 fully saturated rings. The highest BCUT2D eigenvalue weighted by Crippen LogP contribution is 2.18. The van der Waals surface area contributed by atoms with Gasteiger partial charge in [-0.2, -0.15) is 0 Å². The van der Waals surface area contributed by atoms with Gasteiger partial charge < -0.3 is 10.1 Å². The van der Waals surface area contributed by atoms with Crippen molar-refractivity contribution in [1.29, 1.82) is 0 Å². The predicted molar refractivity (Wildman–Crippen MR) is 90.6 cm³/mol. The first-order valence-electron chi connectivity index (χ1n) is 7.21. The summed E-state index contributed by atoms with van der Waals surface area (Å²) in [4.78, 5) is 12.3. The van der Waals surface area contributed by atoms with E-state index in [1.807, 2.05) is 45.0 Å². The fraction of sp³-hybridized carbons (Fsp3) is 0.211. The highest BCUT2D eigenvalue weighted by atomic mass is 16.5. The van der Waals surface area contributed by atoms with E-state index in [4.69, 9.17) is 4.74 Å². The number of hydrogen-bond acceptors (Lipinski definition) is 2. The van der Waals surface area contributed by atoms with Crippen LogP contribution in [0.1, 0.15) is 28.4 Å². The molecule has 3 nitrogen and oxygen atoms in total. The first kappa shape index (κ1) is 15.8. The molecule has 1 N–H and O–H groups in total. The summed E-state index contributed by atoms with van der Waals surface area (Å²) in [6.45, 7) is 10.2. The minimum absolute atomic E-state index is 0.147. The molecular formula is C19H21NO2. The number of aryl methyl sites for hydroxylation is 2. The molecule has 2 rings (SSSR count). The van der Waals surface area contributed by atoms with Crippen molar-refractivity contribution in [3.63, 3.8) is 0 Å². The lowest BCUT2D eigenvalue weighted by Gasteiger charge is -2.10. The topological polar surface area (TPSA) is 38.3 Å². The lowest BCUT2D eigenvalue weighted by molar-refractivity contribution is 0.102. The highest BCUT2D eigenvalue weighted by Gasteiger charge is 2.08. The van der Waals surface area contributed by atoms with Crippen LogP contribution in [0.4, 0.5) is 5.69 Å². The Bertz CT molecular complexity index is 684. The number of rotatable bonds is 5. The van der Waals surface area contributed by atoms with E-state index in [0.29, 0.717) is 17.9 Å². The zero-order chi connectivity index (χ0) is 16.1. The molecule has 3 heteroatoms. The zero-order valence-corrected chi connectivity index (χ0v) is 13.3. The van der Waals surface area contributed by atoms with Gasteiger partial charge in [-0.15, -0.1) is 0 Å². The van der Waals surface area contributed by atoms with E-state index in [9.17, 15) is 4.79 Å². The van der Waals surface area contributed by atoms with Crippen LogP contribution in [-0.2, 0) is 0 Å². The summed E-state index contributed by atoms with van der Waals surface area (Å²) in [6, 6.07) is 13.1. The van der Waals surface area contributed by atoms with Crippen molar-refractivity contribution >= 4 is 11.6 Å². The Morgan fingerprint density at radius 2 is 1.82 bits per heavy atom. The second kappa shape index (κ2) is 6.94. The number of ether oxygens (including phenoxy) is 1. The van der Waals surface area contributed by atoms with E-state index in [0.717, 1.165) is 22.4 Å². The second-order valence-corrected chi connectivity index (χ2v) is 5.60. The van der Waals surface area contributed by atoms with Gasteiger partial charge in [-0.3, -0.25) is 4.79 Å². The number of amides is 1. The van der Waals surface area contributed by atoms with E-state index in [1.165, 1.54) is 0 Å². The van der Waals surface area contributed by atoms with Crippen LogP contribution in [-0.4, -0.2) is 12.5 Å². The van der Waals surface area contributed by atoms with Crippen LogP contribution < -0.4 is 10.1 Å². The van der Waals surface area contributed by atoms with Gasteiger partial charge in [-0.25, -0.2) is 0 Å². The standard InChI is InChI=1S/C19H21NO2/c1-13(2)12-22-18-7-5-6-16(11-18)19(21)20-17-9-14(3)8-15(4)10-17/h5-11H,1,12H2,2-4H3,(H,20,21). The minimum Gasteiger partial charge on any atom is -0.489 e. The molecule has 0 aliphatic carbocycles. The third kappa shape index (κ3) is 4.48. The fourth-order valence-electron chi connectivity index (χ4n) is 2.18. The Morgan fingerprint density at radius 3 is 2.45 bits per heavy atom. The normalized spacial score (nSPS) is 10.1. The number of anilines is 1. The molecule has 0 aliphatic rings. The summed E-state index contributed by atoms with van der Waals surface area (Å²) in [6.07, 6.45) is 0. The lowest BCUT2D eigenvalue weighted by Crippen LogP contribution is -2.12. The van der Waals surface area contributed by atoms with E-state index >= 15 is 0 Å². The van der Waals surface area contributed by atoms with Crippen molar-refractivity contribution in [2.24, 2.45) is 0 Å². The van der Waals surface area contributed by atoms with Gasteiger partial charge in [0.05, 0.1) is 0 Å². The van der Waals surface area contributed by atoms with Crippen LogP contribution in [0.2, 0.25) is 0 Å². The van der Waals surface area contributed by atoms with Crippen LogP contribution in [0, 0.1) is 13.8 Å². The molecule has 0 saturated carbocycles. The van der Waals surface area contributed by atoms with Gasteiger partial charge in [0.1, 0.15) is 12.4 Å². The van der Waals surface area contributed by atoms with Gasteiger partial charge in [-0.05, 0) is 67.8 Å². The summed E-state index contributed by atoms with van der Waals surface area (Å²) in [5, 5.41) is 2.92. The monoisotopic (exact) mass is 295 g/mol. The van der Waals surface area contributed by atoms with Crippen LogP contribution in [0.25, 0.3) is 0 Å². The van der Waals surface area contributed by atoms with Crippen molar-refractivity contribution in [2.75, 3.05) is 11.9 Å². The zero-order valence-electron chi connectivity index (χ0n) is 13.3. The second-order valence-electron chi connectivity index (χ2n) is 5.60. The lowest BCUT2D eigenvalue weighted by atomic mass is 10.1. The maximum atomic E-state index is 12.3. The summed E-state index contributed by atoms with van der Waals surface area (Å²) in [7, 11) is 0. The number of benzene rings is 2. The summed E-state index contributed by atoms with van der Waals surface area (Å²) in [5.74, 6) is 0.516. The van der Waals surface area contributed by atoms with Crippen LogP contribution in [0.3, 0.4) is 0 Å². The molecule has 0 aliphatic heterocycles. The SMILES string of the molecule is C=C(C)COc1cccc(C(=O)Nc2cc(C)cc(C)c2)c1. The van der Waals surface area contributed by atoms with Gasteiger partial charge in [-0.1, -0.05) is 18.7 Å². The Hall–Kier alpha value is -2.55. The van der Waals surface area contributed by atoms with E-state index in [-0.39, 0.29) is 5.91 Å². The van der Waals surface area contributed by atoms with E-state index in [2.05, 4.69) is 18.0 Å². The first-order chi connectivity index (χ1) is 10.4. The Labute approximate surface area is 131 Å². The molecule has 1 amide bonds. The summed E-state index contributed by atoms with van der Waals surface area (Å²) < 4.78 is 5.57. The van der Waals surface area contributed by atoms with Gasteiger partial charge in [0.2, 0.25) is 0 Å². The molecule has 0 unspecified atom stereocenters. The van der Waals surface area contributed by atoms with Gasteiger partial charge in [0, 0.05) is 11.3 Å². The molecule has 2 aromatic carbocycles. The van der Waals surface area contributed by atoms with Gasteiger partial charge in [0.25, 0.3) is 5.91 Å². The van der Waals surface area contributed by atoms with Crippen molar-refractivity contribution in [2.45, 2.75) is 20.8 Å². The van der Waals surface area contributed by atoms with Crippen molar-refractivity contribution in [1.82, 2.24) is 0 Å². The van der Waals surface area contributed by atoms with Crippen LogP contribution in [0.15, 0.2) is 54.6 Å². The Kier molecular flexibility index (Phi) is 4.99. The maximum absolute atomic E-state index is 12.3. The molecule has 0 radical (unpaired) electrons. The maximum Gasteiger partial charge on any atom is 0.255 e. The smallest absolute Gasteiger partial charge is 0.255 e. The molecule has 114 valence electrons. The Morgan fingerprint density at radius 1 is 1.14 bits per heavy atom. The molecule has 0 spiro atoms. The molecule has 0 bridgehead atoms. The average Bonchev–Trinajstić information content (AvgIpc) is 2.44. The number of hydrogen-bond donors (Lipinski definition) is 1. The molecule has 0 atom stereocenters. The fourth-order valence-corrected chi connectivity index (χ4v) is 2.18. The van der Waals surface area contributed by atoms with Gasteiger partial charge in [0.15, 0.2) is 0 Å². The van der Waals surface area contributed by atoms with Gasteiger partial charge >= 0.3 is 0 Å². The Balaban J connectivity index is 2.12. The van der Waals surface area contributed by atoms with Crippen molar-refractivity contribution < 1.29 is 9.53 Å². The molecular weight excluding hydrogens is 274 g/mol. The molecule has 0 aromatic heterocycles. The summed E-state index contributed by atoms with van der Waals surface area (Å²) >= 11 is 0. The molecule has 2 aromatic rings. The third-order valence-electron chi connectivity index (χ3n) is 3.06. The number of carbonyl (C=O) groups is 1. The quantitative estimate of drug-likeness (QED) is 0.824. The van der Waals surface area contributed by atoms with Crippen LogP contribution in [0.5, 0.6) is 5.75 Å². The summed E-state index contributed by atoms with van der Waals surface area (Å²) in [5.41, 5.74) is 4.54.